The highest BCUT2D eigenvalue weighted by Gasteiger charge is 2.05. The van der Waals surface area contributed by atoms with Gasteiger partial charge < -0.3 is 0 Å². The molecule has 0 amide bonds. The summed E-state index contributed by atoms with van der Waals surface area (Å²) in [4.78, 5) is 3.95. The SMILES string of the molecule is Clc1sc(Cl)c2cnccc12. The van der Waals surface area contributed by atoms with Crippen molar-refractivity contribution in [3.8, 4) is 0 Å². The zero-order valence-electron chi connectivity index (χ0n) is 5.34. The maximum absolute atomic E-state index is 5.88. The second-order valence-electron chi connectivity index (χ2n) is 2.07. The Morgan fingerprint density at radius 1 is 1.18 bits per heavy atom. The fourth-order valence-electron chi connectivity index (χ4n) is 0.911. The van der Waals surface area contributed by atoms with E-state index in [1.165, 1.54) is 11.3 Å². The van der Waals surface area contributed by atoms with Gasteiger partial charge in [0.05, 0.1) is 0 Å². The van der Waals surface area contributed by atoms with E-state index in [0.29, 0.717) is 4.34 Å². The topological polar surface area (TPSA) is 12.9 Å². The third-order valence-electron chi connectivity index (χ3n) is 1.42. The number of hydrogen-bond donors (Lipinski definition) is 0. The molecule has 0 saturated heterocycles. The molecule has 2 aromatic heterocycles. The minimum atomic E-state index is 0.707. The lowest BCUT2D eigenvalue weighted by molar-refractivity contribution is 1.37. The van der Waals surface area contributed by atoms with E-state index in [2.05, 4.69) is 4.98 Å². The van der Waals surface area contributed by atoms with Crippen molar-refractivity contribution in [2.75, 3.05) is 0 Å². The molecular weight excluding hydrogens is 201 g/mol. The molecule has 0 aliphatic heterocycles. The summed E-state index contributed by atoms with van der Waals surface area (Å²) in [5, 5.41) is 1.92. The van der Waals surface area contributed by atoms with E-state index in [1.807, 2.05) is 6.07 Å². The largest absolute Gasteiger partial charge is 0.264 e. The Labute approximate surface area is 77.6 Å². The van der Waals surface area contributed by atoms with Crippen molar-refractivity contribution in [2.24, 2.45) is 0 Å². The predicted octanol–water partition coefficient (Wildman–Crippen LogP) is 3.60. The summed E-state index contributed by atoms with van der Waals surface area (Å²) in [6.07, 6.45) is 3.43. The number of nitrogens with zero attached hydrogens (tertiary/aromatic N) is 1. The molecule has 0 aliphatic carbocycles. The van der Waals surface area contributed by atoms with Crippen LogP contribution in [0, 0.1) is 0 Å². The molecule has 0 atom stereocenters. The molecule has 0 aliphatic rings. The third-order valence-corrected chi connectivity index (χ3v) is 3.09. The van der Waals surface area contributed by atoms with Gasteiger partial charge in [0, 0.05) is 23.2 Å². The van der Waals surface area contributed by atoms with Crippen molar-refractivity contribution in [1.29, 1.82) is 0 Å². The van der Waals surface area contributed by atoms with E-state index in [4.69, 9.17) is 23.2 Å². The van der Waals surface area contributed by atoms with Crippen molar-refractivity contribution >= 4 is 45.3 Å². The zero-order valence-corrected chi connectivity index (χ0v) is 7.67. The van der Waals surface area contributed by atoms with Crippen LogP contribution < -0.4 is 0 Å². The molecule has 11 heavy (non-hydrogen) atoms. The van der Waals surface area contributed by atoms with Gasteiger partial charge in [-0.25, -0.2) is 0 Å². The predicted molar refractivity (Wildman–Crippen MR) is 49.6 cm³/mol. The molecule has 0 saturated carbocycles. The average Bonchev–Trinajstić information content (AvgIpc) is 2.30. The Morgan fingerprint density at radius 3 is 2.64 bits per heavy atom. The van der Waals surface area contributed by atoms with Gasteiger partial charge in [0.25, 0.3) is 0 Å². The van der Waals surface area contributed by atoms with Crippen molar-refractivity contribution in [3.05, 3.63) is 27.1 Å². The summed E-state index contributed by atoms with van der Waals surface area (Å²) >= 11 is 13.1. The number of halogens is 2. The molecule has 1 nitrogen and oxygen atoms in total. The normalized spacial score (nSPS) is 10.7. The monoisotopic (exact) mass is 203 g/mol. The van der Waals surface area contributed by atoms with Gasteiger partial charge in [-0.05, 0) is 6.07 Å². The van der Waals surface area contributed by atoms with Gasteiger partial charge in [-0.15, -0.1) is 11.3 Å². The zero-order chi connectivity index (χ0) is 7.84. The van der Waals surface area contributed by atoms with Crippen LogP contribution in [-0.4, -0.2) is 4.98 Å². The van der Waals surface area contributed by atoms with Gasteiger partial charge in [0.1, 0.15) is 8.67 Å². The summed E-state index contributed by atoms with van der Waals surface area (Å²) in [6.45, 7) is 0. The number of pyridine rings is 1. The van der Waals surface area contributed by atoms with Crippen molar-refractivity contribution in [2.45, 2.75) is 0 Å². The maximum Gasteiger partial charge on any atom is 0.104 e. The lowest BCUT2D eigenvalue weighted by atomic mass is 10.3. The average molecular weight is 204 g/mol. The van der Waals surface area contributed by atoms with Crippen molar-refractivity contribution in [1.82, 2.24) is 4.98 Å². The molecule has 0 aromatic carbocycles. The molecule has 2 heterocycles. The highest BCUT2D eigenvalue weighted by molar-refractivity contribution is 7.21. The Morgan fingerprint density at radius 2 is 1.91 bits per heavy atom. The van der Waals surface area contributed by atoms with Crippen LogP contribution in [0.3, 0.4) is 0 Å². The molecular formula is C7H3Cl2NS. The van der Waals surface area contributed by atoms with Crippen LogP contribution in [0.2, 0.25) is 8.67 Å². The highest BCUT2D eigenvalue weighted by atomic mass is 35.5. The lowest BCUT2D eigenvalue weighted by Crippen LogP contribution is -1.67. The van der Waals surface area contributed by atoms with Crippen molar-refractivity contribution < 1.29 is 0 Å². The van der Waals surface area contributed by atoms with Crippen molar-refractivity contribution in [3.63, 3.8) is 0 Å². The van der Waals surface area contributed by atoms with Crippen LogP contribution in [0.25, 0.3) is 10.8 Å². The highest BCUT2D eigenvalue weighted by Crippen LogP contribution is 2.37. The molecule has 0 bridgehead atoms. The number of aromatic nitrogens is 1. The minimum Gasteiger partial charge on any atom is -0.264 e. The van der Waals surface area contributed by atoms with E-state index < -0.39 is 0 Å². The fraction of sp³-hybridized carbons (Fsp3) is 0. The van der Waals surface area contributed by atoms with Crippen LogP contribution in [0.15, 0.2) is 18.5 Å². The smallest absolute Gasteiger partial charge is 0.104 e. The van der Waals surface area contributed by atoms with E-state index in [-0.39, 0.29) is 0 Å². The van der Waals surface area contributed by atoms with Gasteiger partial charge >= 0.3 is 0 Å². The van der Waals surface area contributed by atoms with Crippen LogP contribution in [0.1, 0.15) is 0 Å². The summed E-state index contributed by atoms with van der Waals surface area (Å²) in [6, 6.07) is 1.86. The molecule has 0 unspecified atom stereocenters. The van der Waals surface area contributed by atoms with E-state index in [0.717, 1.165) is 15.1 Å². The molecule has 56 valence electrons. The van der Waals surface area contributed by atoms with E-state index in [9.17, 15) is 0 Å². The first-order chi connectivity index (χ1) is 5.29. The standard InChI is InChI=1S/C7H3Cl2NS/c8-6-4-1-2-10-3-5(4)7(9)11-6/h1-3H. The van der Waals surface area contributed by atoms with Gasteiger partial charge in [0.15, 0.2) is 0 Å². The molecule has 2 rings (SSSR count). The second kappa shape index (κ2) is 2.63. The molecule has 4 heteroatoms. The van der Waals surface area contributed by atoms with Crippen LogP contribution >= 0.6 is 34.5 Å². The Balaban J connectivity index is 2.95. The van der Waals surface area contributed by atoms with E-state index in [1.54, 1.807) is 12.4 Å². The van der Waals surface area contributed by atoms with Crippen LogP contribution in [0.5, 0.6) is 0 Å². The summed E-state index contributed by atoms with van der Waals surface area (Å²) < 4.78 is 1.44. The minimum absolute atomic E-state index is 0.707. The Hall–Kier alpha value is -0.310. The molecule has 0 N–H and O–H groups in total. The van der Waals surface area contributed by atoms with Gasteiger partial charge in [-0.2, -0.15) is 0 Å². The first-order valence-electron chi connectivity index (χ1n) is 2.96. The fourth-order valence-corrected chi connectivity index (χ4v) is 2.53. The molecule has 2 aromatic rings. The third kappa shape index (κ3) is 1.11. The van der Waals surface area contributed by atoms with Gasteiger partial charge in [-0.3, -0.25) is 4.98 Å². The number of fused-ring (bicyclic) bond motifs is 1. The first-order valence-corrected chi connectivity index (χ1v) is 4.54. The number of hydrogen-bond acceptors (Lipinski definition) is 2. The van der Waals surface area contributed by atoms with Crippen LogP contribution in [-0.2, 0) is 0 Å². The Bertz CT molecular complexity index is 360. The molecule has 0 spiro atoms. The first kappa shape index (κ1) is 7.35. The summed E-state index contributed by atoms with van der Waals surface area (Å²) in [5.41, 5.74) is 0. The summed E-state index contributed by atoms with van der Waals surface area (Å²) in [5.74, 6) is 0. The maximum atomic E-state index is 5.88. The second-order valence-corrected chi connectivity index (χ2v) is 4.30. The van der Waals surface area contributed by atoms with Crippen LogP contribution in [0.4, 0.5) is 0 Å². The molecule has 0 radical (unpaired) electrons. The Kier molecular flexibility index (Phi) is 1.75. The number of thiophene rings is 1. The number of rotatable bonds is 0. The lowest BCUT2D eigenvalue weighted by Gasteiger charge is -1.86. The van der Waals surface area contributed by atoms with E-state index >= 15 is 0 Å². The summed E-state index contributed by atoms with van der Waals surface area (Å²) in [7, 11) is 0. The quantitative estimate of drug-likeness (QED) is 0.638. The van der Waals surface area contributed by atoms with Gasteiger partial charge in [0.2, 0.25) is 0 Å². The molecule has 0 fully saturated rings. The van der Waals surface area contributed by atoms with Gasteiger partial charge in [-0.1, -0.05) is 23.2 Å².